The van der Waals surface area contributed by atoms with Gasteiger partial charge in [-0.25, -0.2) is 0 Å². The van der Waals surface area contributed by atoms with E-state index < -0.39 is 5.41 Å². The fourth-order valence-corrected chi connectivity index (χ4v) is 2.37. The Bertz CT molecular complexity index is 735. The van der Waals surface area contributed by atoms with E-state index >= 15 is 0 Å². The van der Waals surface area contributed by atoms with Gasteiger partial charge in [-0.1, -0.05) is 57.2 Å². The van der Waals surface area contributed by atoms with Gasteiger partial charge in [0.1, 0.15) is 0 Å². The van der Waals surface area contributed by atoms with Crippen molar-refractivity contribution in [1.29, 1.82) is 0 Å². The summed E-state index contributed by atoms with van der Waals surface area (Å²) >= 11 is 0. The molecule has 2 aromatic rings. The molecule has 24 heavy (non-hydrogen) atoms. The van der Waals surface area contributed by atoms with Gasteiger partial charge >= 0.3 is 0 Å². The van der Waals surface area contributed by atoms with Crippen LogP contribution in [0.2, 0.25) is 0 Å². The molecule has 0 aromatic heterocycles. The van der Waals surface area contributed by atoms with Crippen LogP contribution in [0.3, 0.4) is 0 Å². The Morgan fingerprint density at radius 1 is 1.08 bits per heavy atom. The second-order valence-electron chi connectivity index (χ2n) is 6.90. The lowest BCUT2D eigenvalue weighted by atomic mass is 9.96. The van der Waals surface area contributed by atoms with Gasteiger partial charge in [0.05, 0.1) is 12.6 Å². The van der Waals surface area contributed by atoms with E-state index in [1.54, 1.807) is 20.8 Å². The number of amides is 2. The molecule has 0 saturated carbocycles. The quantitative estimate of drug-likeness (QED) is 0.786. The van der Waals surface area contributed by atoms with Gasteiger partial charge < -0.3 is 16.4 Å². The molecular formula is C19H25N3O2. The fraction of sp³-hybridized carbons (Fsp3) is 0.368. The summed E-state index contributed by atoms with van der Waals surface area (Å²) in [5.41, 5.74) is 6.25. The minimum atomic E-state index is -0.522. The second kappa shape index (κ2) is 7.45. The molecule has 2 amide bonds. The van der Waals surface area contributed by atoms with E-state index in [4.69, 9.17) is 5.73 Å². The molecule has 4 N–H and O–H groups in total. The van der Waals surface area contributed by atoms with Crippen LogP contribution in [-0.2, 0) is 9.59 Å². The van der Waals surface area contributed by atoms with E-state index in [0.29, 0.717) is 0 Å². The molecule has 1 atom stereocenters. The van der Waals surface area contributed by atoms with Crippen molar-refractivity contribution in [3.05, 3.63) is 48.0 Å². The third kappa shape index (κ3) is 4.55. The molecule has 2 rings (SSSR count). The van der Waals surface area contributed by atoms with Crippen molar-refractivity contribution < 1.29 is 9.59 Å². The van der Waals surface area contributed by atoms with Crippen LogP contribution in [0, 0.1) is 5.41 Å². The number of carbonyl (C=O) groups is 2. The first-order valence-electron chi connectivity index (χ1n) is 8.07. The van der Waals surface area contributed by atoms with Crippen molar-refractivity contribution >= 4 is 22.6 Å². The van der Waals surface area contributed by atoms with Gasteiger partial charge in [-0.15, -0.1) is 0 Å². The third-order valence-electron chi connectivity index (χ3n) is 3.84. The van der Waals surface area contributed by atoms with E-state index in [1.165, 1.54) is 0 Å². The average molecular weight is 327 g/mol. The van der Waals surface area contributed by atoms with Crippen molar-refractivity contribution in [2.75, 3.05) is 13.1 Å². The molecule has 5 heteroatoms. The van der Waals surface area contributed by atoms with Gasteiger partial charge in [0.25, 0.3) is 0 Å². The van der Waals surface area contributed by atoms with Crippen LogP contribution >= 0.6 is 0 Å². The first kappa shape index (κ1) is 17.9. The lowest BCUT2D eigenvalue weighted by Gasteiger charge is -2.20. The third-order valence-corrected chi connectivity index (χ3v) is 3.84. The predicted octanol–water partition coefficient (Wildman–Crippen LogP) is 2.12. The van der Waals surface area contributed by atoms with Crippen molar-refractivity contribution in [3.63, 3.8) is 0 Å². The molecule has 0 aliphatic heterocycles. The Labute approximate surface area is 142 Å². The summed E-state index contributed by atoms with van der Waals surface area (Å²) in [6.07, 6.45) is 0. The topological polar surface area (TPSA) is 84.2 Å². The van der Waals surface area contributed by atoms with Gasteiger partial charge in [-0.2, -0.15) is 0 Å². The largest absolute Gasteiger partial charge is 0.347 e. The molecule has 0 heterocycles. The minimum absolute atomic E-state index is 0.0554. The Kier molecular flexibility index (Phi) is 5.57. The Morgan fingerprint density at radius 3 is 2.38 bits per heavy atom. The summed E-state index contributed by atoms with van der Waals surface area (Å²) < 4.78 is 0. The van der Waals surface area contributed by atoms with Crippen molar-refractivity contribution in [3.8, 4) is 0 Å². The first-order chi connectivity index (χ1) is 11.3. The number of hydrogen-bond donors (Lipinski definition) is 3. The standard InChI is InChI=1S/C19H25N3O2/c1-19(2,3)18(24)21-12-17(23)22-16(11-20)15-9-8-13-6-4-5-7-14(13)10-15/h4-10,16H,11-12,20H2,1-3H3,(H,21,24)(H,22,23). The summed E-state index contributed by atoms with van der Waals surface area (Å²) in [4.78, 5) is 23.9. The molecule has 128 valence electrons. The number of rotatable bonds is 5. The fourth-order valence-electron chi connectivity index (χ4n) is 2.37. The molecule has 0 bridgehead atoms. The maximum Gasteiger partial charge on any atom is 0.239 e. The molecule has 0 spiro atoms. The van der Waals surface area contributed by atoms with Gasteiger partial charge in [0, 0.05) is 12.0 Å². The number of benzene rings is 2. The monoisotopic (exact) mass is 327 g/mol. The SMILES string of the molecule is CC(C)(C)C(=O)NCC(=O)NC(CN)c1ccc2ccccc2c1. The van der Waals surface area contributed by atoms with E-state index in [-0.39, 0.29) is 30.9 Å². The van der Waals surface area contributed by atoms with Gasteiger partial charge in [0.2, 0.25) is 11.8 Å². The Morgan fingerprint density at radius 2 is 1.75 bits per heavy atom. The number of carbonyl (C=O) groups excluding carboxylic acids is 2. The van der Waals surface area contributed by atoms with Crippen LogP contribution in [0.4, 0.5) is 0 Å². The number of fused-ring (bicyclic) bond motifs is 1. The van der Waals surface area contributed by atoms with Crippen LogP contribution in [0.15, 0.2) is 42.5 Å². The van der Waals surface area contributed by atoms with Gasteiger partial charge in [0.15, 0.2) is 0 Å². The summed E-state index contributed by atoms with van der Waals surface area (Å²) in [7, 11) is 0. The van der Waals surface area contributed by atoms with Crippen LogP contribution < -0.4 is 16.4 Å². The molecule has 1 unspecified atom stereocenters. The van der Waals surface area contributed by atoms with Crippen LogP contribution in [-0.4, -0.2) is 24.9 Å². The smallest absolute Gasteiger partial charge is 0.239 e. The zero-order valence-electron chi connectivity index (χ0n) is 14.4. The van der Waals surface area contributed by atoms with Crippen LogP contribution in [0.1, 0.15) is 32.4 Å². The number of nitrogens with one attached hydrogen (secondary N) is 2. The van der Waals surface area contributed by atoms with Crippen LogP contribution in [0.5, 0.6) is 0 Å². The lowest BCUT2D eigenvalue weighted by molar-refractivity contribution is -0.131. The summed E-state index contributed by atoms with van der Waals surface area (Å²) in [6, 6.07) is 13.8. The molecular weight excluding hydrogens is 302 g/mol. The minimum Gasteiger partial charge on any atom is -0.347 e. The molecule has 0 radical (unpaired) electrons. The van der Waals surface area contributed by atoms with Crippen molar-refractivity contribution in [2.24, 2.45) is 11.1 Å². The van der Waals surface area contributed by atoms with Gasteiger partial charge in [-0.05, 0) is 22.4 Å². The average Bonchev–Trinajstić information content (AvgIpc) is 2.56. The molecule has 0 saturated heterocycles. The highest BCUT2D eigenvalue weighted by molar-refractivity contribution is 5.87. The first-order valence-corrected chi connectivity index (χ1v) is 8.07. The van der Waals surface area contributed by atoms with E-state index in [9.17, 15) is 9.59 Å². The highest BCUT2D eigenvalue weighted by Gasteiger charge is 2.22. The maximum atomic E-state index is 12.1. The summed E-state index contributed by atoms with van der Waals surface area (Å²) in [5, 5.41) is 7.76. The molecule has 5 nitrogen and oxygen atoms in total. The highest BCUT2D eigenvalue weighted by Crippen LogP contribution is 2.20. The van der Waals surface area contributed by atoms with E-state index in [1.807, 2.05) is 42.5 Å². The Balaban J connectivity index is 2.02. The zero-order valence-corrected chi connectivity index (χ0v) is 14.4. The van der Waals surface area contributed by atoms with Crippen LogP contribution in [0.25, 0.3) is 10.8 Å². The molecule has 0 fully saturated rings. The van der Waals surface area contributed by atoms with Gasteiger partial charge in [-0.3, -0.25) is 9.59 Å². The number of hydrogen-bond acceptors (Lipinski definition) is 3. The summed E-state index contributed by atoms with van der Waals surface area (Å²) in [6.45, 7) is 5.64. The maximum absolute atomic E-state index is 12.1. The summed E-state index contributed by atoms with van der Waals surface area (Å²) in [5.74, 6) is -0.413. The van der Waals surface area contributed by atoms with Crippen molar-refractivity contribution in [1.82, 2.24) is 10.6 Å². The molecule has 0 aliphatic carbocycles. The normalized spacial score (nSPS) is 12.7. The van der Waals surface area contributed by atoms with Crippen molar-refractivity contribution in [2.45, 2.75) is 26.8 Å². The van der Waals surface area contributed by atoms with E-state index in [0.717, 1.165) is 16.3 Å². The second-order valence-corrected chi connectivity index (χ2v) is 6.90. The zero-order chi connectivity index (χ0) is 17.7. The predicted molar refractivity (Wildman–Crippen MR) is 96.4 cm³/mol. The Hall–Kier alpha value is -2.40. The lowest BCUT2D eigenvalue weighted by Crippen LogP contribution is -2.43. The molecule has 2 aromatic carbocycles. The number of nitrogens with two attached hydrogens (primary N) is 1. The highest BCUT2D eigenvalue weighted by atomic mass is 16.2. The van der Waals surface area contributed by atoms with E-state index in [2.05, 4.69) is 10.6 Å². The molecule has 0 aliphatic rings.